The molecule has 2 N–H and O–H groups in total. The van der Waals surface area contributed by atoms with Crippen molar-refractivity contribution < 1.29 is 0 Å². The lowest BCUT2D eigenvalue weighted by molar-refractivity contribution is 0.554. The van der Waals surface area contributed by atoms with Crippen molar-refractivity contribution >= 4 is 5.69 Å². The van der Waals surface area contributed by atoms with E-state index in [2.05, 4.69) is 25.6 Å². The molecule has 1 heteroatoms. The van der Waals surface area contributed by atoms with Gasteiger partial charge in [0.15, 0.2) is 0 Å². The fourth-order valence-electron chi connectivity index (χ4n) is 2.45. The zero-order chi connectivity index (χ0) is 10.8. The first-order valence-corrected chi connectivity index (χ1v) is 5.70. The predicted molar refractivity (Wildman–Crippen MR) is 65.8 cm³/mol. The Morgan fingerprint density at radius 3 is 3.00 bits per heavy atom. The van der Waals surface area contributed by atoms with Crippen LogP contribution in [0.5, 0.6) is 0 Å². The Labute approximate surface area is 92.0 Å². The largest absolute Gasteiger partial charge is 0.398 e. The quantitative estimate of drug-likeness (QED) is 0.421. The number of nitrogen functional groups attached to an aromatic ring is 1. The zero-order valence-electron chi connectivity index (χ0n) is 9.42. The van der Waals surface area contributed by atoms with Crippen LogP contribution < -0.4 is 5.73 Å². The monoisotopic (exact) mass is 201 g/mol. The fourth-order valence-corrected chi connectivity index (χ4v) is 2.45. The minimum absolute atomic E-state index is 0.621. The fraction of sp³-hybridized carbons (Fsp3) is 0.429. The third kappa shape index (κ3) is 2.06. The summed E-state index contributed by atoms with van der Waals surface area (Å²) in [5.74, 6) is 0.621. The van der Waals surface area contributed by atoms with E-state index in [9.17, 15) is 0 Å². The zero-order valence-corrected chi connectivity index (χ0v) is 9.42. The predicted octanol–water partition coefficient (Wildman–Crippen LogP) is 3.34. The van der Waals surface area contributed by atoms with Crippen molar-refractivity contribution in [1.29, 1.82) is 0 Å². The average Bonchev–Trinajstić information content (AvgIpc) is 2.40. The first-order valence-electron chi connectivity index (χ1n) is 5.70. The van der Waals surface area contributed by atoms with Crippen molar-refractivity contribution in [2.24, 2.45) is 5.92 Å². The summed E-state index contributed by atoms with van der Waals surface area (Å²) in [6.07, 6.45) is 4.76. The molecule has 0 amide bonds. The van der Waals surface area contributed by atoms with Gasteiger partial charge < -0.3 is 5.73 Å². The molecule has 0 aromatic heterocycles. The van der Waals surface area contributed by atoms with Crippen molar-refractivity contribution in [2.75, 3.05) is 5.73 Å². The Morgan fingerprint density at radius 2 is 2.27 bits per heavy atom. The number of anilines is 1. The molecule has 0 saturated carbocycles. The summed E-state index contributed by atoms with van der Waals surface area (Å²) in [6.45, 7) is 6.22. The van der Waals surface area contributed by atoms with Gasteiger partial charge in [0.25, 0.3) is 0 Å². The normalized spacial score (nSPS) is 20.5. The van der Waals surface area contributed by atoms with E-state index in [0.29, 0.717) is 5.92 Å². The highest BCUT2D eigenvalue weighted by molar-refractivity contribution is 5.51. The molecule has 1 atom stereocenters. The number of nitrogens with two attached hydrogens (primary N) is 1. The van der Waals surface area contributed by atoms with Crippen molar-refractivity contribution in [3.63, 3.8) is 0 Å². The number of rotatable bonds is 1. The Bertz CT molecular complexity index is 379. The van der Waals surface area contributed by atoms with Crippen LogP contribution in [0.15, 0.2) is 30.4 Å². The second-order valence-corrected chi connectivity index (χ2v) is 4.62. The molecule has 0 fully saturated rings. The molecular weight excluding hydrogens is 182 g/mol. The Hall–Kier alpha value is -1.24. The molecule has 1 aliphatic carbocycles. The van der Waals surface area contributed by atoms with Crippen LogP contribution in [0.3, 0.4) is 0 Å². The summed E-state index contributed by atoms with van der Waals surface area (Å²) >= 11 is 0. The lowest BCUT2D eigenvalue weighted by Gasteiger charge is -2.15. The van der Waals surface area contributed by atoms with Crippen LogP contribution in [-0.2, 0) is 12.8 Å². The minimum atomic E-state index is 0.621. The summed E-state index contributed by atoms with van der Waals surface area (Å²) in [5, 5.41) is 0. The number of fused-ring (bicyclic) bond motifs is 1. The maximum atomic E-state index is 6.04. The first-order chi connectivity index (χ1) is 7.18. The van der Waals surface area contributed by atoms with Gasteiger partial charge in [0.1, 0.15) is 0 Å². The van der Waals surface area contributed by atoms with E-state index in [0.717, 1.165) is 12.1 Å². The average molecular weight is 201 g/mol. The van der Waals surface area contributed by atoms with Gasteiger partial charge >= 0.3 is 0 Å². The maximum Gasteiger partial charge on any atom is 0.0349 e. The van der Waals surface area contributed by atoms with E-state index in [-0.39, 0.29) is 0 Å². The number of aryl methyl sites for hydroxylation is 1. The Kier molecular flexibility index (Phi) is 2.81. The molecule has 0 saturated heterocycles. The number of hydrogen-bond donors (Lipinski definition) is 1. The van der Waals surface area contributed by atoms with Crippen LogP contribution in [0.4, 0.5) is 5.69 Å². The summed E-state index contributed by atoms with van der Waals surface area (Å²) in [5.41, 5.74) is 11.1. The van der Waals surface area contributed by atoms with Gasteiger partial charge in [-0.2, -0.15) is 0 Å². The van der Waals surface area contributed by atoms with Gasteiger partial charge in [-0.05, 0) is 55.7 Å². The van der Waals surface area contributed by atoms with E-state index in [1.54, 1.807) is 0 Å². The standard InChI is InChI=1S/C14H19N/c1-10(2)12-7-3-5-11-6-4-8-14(15)13(11)9-12/h4,6,8,12H,1,3,5,7,9,15H2,2H3. The van der Waals surface area contributed by atoms with Crippen LogP contribution in [0, 0.1) is 5.92 Å². The van der Waals surface area contributed by atoms with Gasteiger partial charge in [-0.15, -0.1) is 0 Å². The SMILES string of the molecule is C=C(C)C1CCCc2cccc(N)c2C1. The number of hydrogen-bond acceptors (Lipinski definition) is 1. The van der Waals surface area contributed by atoms with Gasteiger partial charge in [0.2, 0.25) is 0 Å². The molecule has 0 bridgehead atoms. The summed E-state index contributed by atoms with van der Waals surface area (Å²) in [6, 6.07) is 6.29. The summed E-state index contributed by atoms with van der Waals surface area (Å²) < 4.78 is 0. The third-order valence-electron chi connectivity index (χ3n) is 3.46. The molecule has 1 nitrogen and oxygen atoms in total. The van der Waals surface area contributed by atoms with Crippen LogP contribution >= 0.6 is 0 Å². The van der Waals surface area contributed by atoms with Gasteiger partial charge in [-0.25, -0.2) is 0 Å². The van der Waals surface area contributed by atoms with E-state index < -0.39 is 0 Å². The maximum absolute atomic E-state index is 6.04. The molecule has 2 rings (SSSR count). The van der Waals surface area contributed by atoms with Gasteiger partial charge in [-0.1, -0.05) is 24.3 Å². The molecule has 0 radical (unpaired) electrons. The second-order valence-electron chi connectivity index (χ2n) is 4.62. The van der Waals surface area contributed by atoms with Crippen molar-refractivity contribution in [1.82, 2.24) is 0 Å². The van der Waals surface area contributed by atoms with Crippen LogP contribution in [0.2, 0.25) is 0 Å². The van der Waals surface area contributed by atoms with Gasteiger partial charge in [-0.3, -0.25) is 0 Å². The van der Waals surface area contributed by atoms with Crippen LogP contribution in [0.25, 0.3) is 0 Å². The van der Waals surface area contributed by atoms with Crippen molar-refractivity contribution in [2.45, 2.75) is 32.6 Å². The number of allylic oxidation sites excluding steroid dienone is 1. The van der Waals surface area contributed by atoms with E-state index in [1.165, 1.54) is 36.0 Å². The second kappa shape index (κ2) is 4.09. The highest BCUT2D eigenvalue weighted by atomic mass is 14.6. The lowest BCUT2D eigenvalue weighted by atomic mass is 9.91. The molecule has 80 valence electrons. The Morgan fingerprint density at radius 1 is 1.47 bits per heavy atom. The summed E-state index contributed by atoms with van der Waals surface area (Å²) in [7, 11) is 0. The molecule has 1 aromatic carbocycles. The van der Waals surface area contributed by atoms with Crippen LogP contribution in [0.1, 0.15) is 30.9 Å². The van der Waals surface area contributed by atoms with Crippen molar-refractivity contribution in [3.05, 3.63) is 41.5 Å². The lowest BCUT2D eigenvalue weighted by Crippen LogP contribution is -2.06. The highest BCUT2D eigenvalue weighted by Crippen LogP contribution is 2.31. The van der Waals surface area contributed by atoms with Gasteiger partial charge in [0.05, 0.1) is 0 Å². The smallest absolute Gasteiger partial charge is 0.0349 e. The van der Waals surface area contributed by atoms with E-state index in [1.807, 2.05) is 6.07 Å². The molecule has 1 aliphatic rings. The third-order valence-corrected chi connectivity index (χ3v) is 3.46. The molecule has 0 heterocycles. The molecule has 1 unspecified atom stereocenters. The van der Waals surface area contributed by atoms with Crippen molar-refractivity contribution in [3.8, 4) is 0 Å². The topological polar surface area (TPSA) is 26.0 Å². The Balaban J connectivity index is 2.35. The number of benzene rings is 1. The molecule has 15 heavy (non-hydrogen) atoms. The van der Waals surface area contributed by atoms with E-state index in [4.69, 9.17) is 5.73 Å². The molecule has 0 aliphatic heterocycles. The van der Waals surface area contributed by atoms with Crippen LogP contribution in [-0.4, -0.2) is 0 Å². The summed E-state index contributed by atoms with van der Waals surface area (Å²) in [4.78, 5) is 0. The first kappa shape index (κ1) is 10.3. The molecule has 0 spiro atoms. The minimum Gasteiger partial charge on any atom is -0.398 e. The van der Waals surface area contributed by atoms with Gasteiger partial charge in [0, 0.05) is 5.69 Å². The molecule has 1 aromatic rings. The highest BCUT2D eigenvalue weighted by Gasteiger charge is 2.18. The molecular formula is C14H19N. The van der Waals surface area contributed by atoms with E-state index >= 15 is 0 Å².